The summed E-state index contributed by atoms with van der Waals surface area (Å²) in [5.41, 5.74) is 13.7. The van der Waals surface area contributed by atoms with Gasteiger partial charge in [-0.05, 0) is 31.9 Å². The van der Waals surface area contributed by atoms with E-state index in [1.54, 1.807) is 0 Å². The topological polar surface area (TPSA) is 81.1 Å². The zero-order valence-corrected chi connectivity index (χ0v) is 11.3. The minimum Gasteiger partial charge on any atom is -0.389 e. The maximum absolute atomic E-state index is 10.6. The highest BCUT2D eigenvalue weighted by molar-refractivity contribution is 7.80. The number of thiocarbonyl (C=S) groups is 1. The Kier molecular flexibility index (Phi) is 5.58. The lowest BCUT2D eigenvalue weighted by Crippen LogP contribution is -2.14. The van der Waals surface area contributed by atoms with E-state index in [0.29, 0.717) is 11.4 Å². The number of hydrogen-bond acceptors (Lipinski definition) is 3. The van der Waals surface area contributed by atoms with E-state index in [4.69, 9.17) is 23.7 Å². The third kappa shape index (κ3) is 4.71. The number of carbonyl (C=O) groups excluding carboxylic acids is 1. The lowest BCUT2D eigenvalue weighted by Gasteiger charge is -2.11. The fraction of sp³-hybridized carbons (Fsp3) is 0.385. The molecule has 0 saturated carbocycles. The first-order valence-electron chi connectivity index (χ1n) is 5.93. The molecule has 98 valence electrons. The molecule has 0 aliphatic rings. The molecule has 1 amide bonds. The second-order valence-corrected chi connectivity index (χ2v) is 4.70. The first kappa shape index (κ1) is 14.4. The number of aryl methyl sites for hydroxylation is 1. The number of rotatable bonds is 7. The van der Waals surface area contributed by atoms with E-state index < -0.39 is 0 Å². The van der Waals surface area contributed by atoms with Gasteiger partial charge in [0, 0.05) is 24.2 Å². The molecule has 0 aliphatic carbocycles. The van der Waals surface area contributed by atoms with Crippen LogP contribution in [0.1, 0.15) is 30.4 Å². The van der Waals surface area contributed by atoms with Crippen molar-refractivity contribution in [1.29, 1.82) is 0 Å². The van der Waals surface area contributed by atoms with Gasteiger partial charge in [0.05, 0.1) is 0 Å². The molecule has 0 radical (unpaired) electrons. The molecule has 0 heterocycles. The van der Waals surface area contributed by atoms with Crippen LogP contribution in [0.25, 0.3) is 0 Å². The molecular weight excluding hydrogens is 246 g/mol. The van der Waals surface area contributed by atoms with Crippen LogP contribution >= 0.6 is 12.2 Å². The van der Waals surface area contributed by atoms with Gasteiger partial charge in [-0.3, -0.25) is 4.79 Å². The third-order valence-electron chi connectivity index (χ3n) is 2.61. The molecule has 0 saturated heterocycles. The first-order chi connectivity index (χ1) is 8.50. The van der Waals surface area contributed by atoms with Crippen molar-refractivity contribution in [1.82, 2.24) is 0 Å². The third-order valence-corrected chi connectivity index (χ3v) is 2.83. The van der Waals surface area contributed by atoms with Crippen molar-refractivity contribution in [2.45, 2.75) is 26.2 Å². The maximum atomic E-state index is 10.6. The molecule has 0 spiro atoms. The minimum atomic E-state index is -0.255. The van der Waals surface area contributed by atoms with E-state index in [0.717, 1.165) is 36.2 Å². The number of nitrogens with one attached hydrogen (secondary N) is 1. The van der Waals surface area contributed by atoms with Gasteiger partial charge in [-0.1, -0.05) is 23.8 Å². The summed E-state index contributed by atoms with van der Waals surface area (Å²) in [4.78, 5) is 11.0. The second kappa shape index (κ2) is 6.96. The van der Waals surface area contributed by atoms with Crippen LogP contribution < -0.4 is 16.8 Å². The summed E-state index contributed by atoms with van der Waals surface area (Å²) in [7, 11) is 0. The average Bonchev–Trinajstić information content (AvgIpc) is 2.29. The van der Waals surface area contributed by atoms with Crippen LogP contribution in [0.2, 0.25) is 0 Å². The van der Waals surface area contributed by atoms with E-state index in [9.17, 15) is 4.79 Å². The molecule has 1 aromatic rings. The Labute approximate surface area is 113 Å². The standard InChI is InChI=1S/C13H19N3OS/c1-9-5-6-11(10(8-9)13(15)18)16-7-3-2-4-12(14)17/h5-6,8,16H,2-4,7H2,1H3,(H2,14,17)(H2,15,18). The van der Waals surface area contributed by atoms with Gasteiger partial charge in [-0.25, -0.2) is 0 Å². The molecule has 5 N–H and O–H groups in total. The van der Waals surface area contributed by atoms with Crippen molar-refractivity contribution in [2.75, 3.05) is 11.9 Å². The van der Waals surface area contributed by atoms with Crippen molar-refractivity contribution in [2.24, 2.45) is 11.5 Å². The lowest BCUT2D eigenvalue weighted by molar-refractivity contribution is -0.118. The van der Waals surface area contributed by atoms with E-state index in [-0.39, 0.29) is 5.91 Å². The maximum Gasteiger partial charge on any atom is 0.217 e. The van der Waals surface area contributed by atoms with Crippen molar-refractivity contribution in [3.05, 3.63) is 29.3 Å². The van der Waals surface area contributed by atoms with Crippen LogP contribution in [-0.2, 0) is 4.79 Å². The second-order valence-electron chi connectivity index (χ2n) is 4.26. The van der Waals surface area contributed by atoms with Gasteiger partial charge < -0.3 is 16.8 Å². The van der Waals surface area contributed by atoms with Crippen LogP contribution in [0.5, 0.6) is 0 Å². The largest absolute Gasteiger partial charge is 0.389 e. The fourth-order valence-corrected chi connectivity index (χ4v) is 1.83. The highest BCUT2D eigenvalue weighted by Gasteiger charge is 2.04. The predicted octanol–water partition coefficient (Wildman–Crippen LogP) is 1.70. The summed E-state index contributed by atoms with van der Waals surface area (Å²) in [5.74, 6) is -0.255. The van der Waals surface area contributed by atoms with Gasteiger partial charge in [0.1, 0.15) is 4.99 Å². The van der Waals surface area contributed by atoms with Crippen molar-refractivity contribution >= 4 is 28.8 Å². The Hall–Kier alpha value is -1.62. The number of hydrogen-bond donors (Lipinski definition) is 3. The summed E-state index contributed by atoms with van der Waals surface area (Å²) in [6.07, 6.45) is 2.10. The number of unbranched alkanes of at least 4 members (excludes halogenated alkanes) is 1. The molecule has 1 rings (SSSR count). The van der Waals surface area contributed by atoms with E-state index in [1.165, 1.54) is 0 Å². The van der Waals surface area contributed by atoms with E-state index >= 15 is 0 Å². The first-order valence-corrected chi connectivity index (χ1v) is 6.34. The molecule has 0 aromatic heterocycles. The van der Waals surface area contributed by atoms with Gasteiger partial charge in [0.2, 0.25) is 5.91 Å². The van der Waals surface area contributed by atoms with Gasteiger partial charge in [0.15, 0.2) is 0 Å². The average molecular weight is 265 g/mol. The number of nitrogens with two attached hydrogens (primary N) is 2. The summed E-state index contributed by atoms with van der Waals surface area (Å²) >= 11 is 5.02. The van der Waals surface area contributed by atoms with Crippen molar-refractivity contribution < 1.29 is 4.79 Å². The molecule has 0 fully saturated rings. The molecule has 0 bridgehead atoms. The predicted molar refractivity (Wildman–Crippen MR) is 78.6 cm³/mol. The molecule has 18 heavy (non-hydrogen) atoms. The number of anilines is 1. The highest BCUT2D eigenvalue weighted by atomic mass is 32.1. The molecule has 4 nitrogen and oxygen atoms in total. The fourth-order valence-electron chi connectivity index (χ4n) is 1.66. The summed E-state index contributed by atoms with van der Waals surface area (Å²) in [5, 5.41) is 3.28. The Morgan fingerprint density at radius 2 is 2.06 bits per heavy atom. The van der Waals surface area contributed by atoms with Crippen LogP contribution in [-0.4, -0.2) is 17.4 Å². The smallest absolute Gasteiger partial charge is 0.217 e. The molecule has 0 aliphatic heterocycles. The normalized spacial score (nSPS) is 10.1. The van der Waals surface area contributed by atoms with Crippen LogP contribution in [0.3, 0.4) is 0 Å². The van der Waals surface area contributed by atoms with Crippen LogP contribution in [0, 0.1) is 6.92 Å². The van der Waals surface area contributed by atoms with Crippen molar-refractivity contribution in [3.63, 3.8) is 0 Å². The van der Waals surface area contributed by atoms with Gasteiger partial charge in [-0.15, -0.1) is 0 Å². The molecule has 1 aromatic carbocycles. The zero-order chi connectivity index (χ0) is 13.5. The quantitative estimate of drug-likeness (QED) is 0.518. The SMILES string of the molecule is Cc1ccc(NCCCCC(N)=O)c(C(N)=S)c1. The number of benzene rings is 1. The Balaban J connectivity index is 2.51. The van der Waals surface area contributed by atoms with Gasteiger partial charge in [-0.2, -0.15) is 0 Å². The molecule has 0 atom stereocenters. The summed E-state index contributed by atoms with van der Waals surface area (Å²) < 4.78 is 0. The molecule has 0 unspecified atom stereocenters. The molecular formula is C13H19N3OS. The van der Waals surface area contributed by atoms with Gasteiger partial charge >= 0.3 is 0 Å². The monoisotopic (exact) mass is 265 g/mol. The summed E-state index contributed by atoms with van der Waals surface area (Å²) in [6, 6.07) is 5.94. The van der Waals surface area contributed by atoms with E-state index in [2.05, 4.69) is 5.32 Å². The van der Waals surface area contributed by atoms with Crippen LogP contribution in [0.15, 0.2) is 18.2 Å². The minimum absolute atomic E-state index is 0.255. The number of primary amides is 1. The van der Waals surface area contributed by atoms with E-state index in [1.807, 2.05) is 25.1 Å². The summed E-state index contributed by atoms with van der Waals surface area (Å²) in [6.45, 7) is 2.77. The Morgan fingerprint density at radius 3 is 2.67 bits per heavy atom. The highest BCUT2D eigenvalue weighted by Crippen LogP contribution is 2.17. The number of carbonyl (C=O) groups is 1. The molecule has 5 heteroatoms. The Bertz CT molecular complexity index is 446. The van der Waals surface area contributed by atoms with Crippen molar-refractivity contribution in [3.8, 4) is 0 Å². The lowest BCUT2D eigenvalue weighted by atomic mass is 10.1. The van der Waals surface area contributed by atoms with Crippen LogP contribution in [0.4, 0.5) is 5.69 Å². The zero-order valence-electron chi connectivity index (χ0n) is 10.5. The van der Waals surface area contributed by atoms with Gasteiger partial charge in [0.25, 0.3) is 0 Å². The number of amides is 1. The Morgan fingerprint density at radius 1 is 1.33 bits per heavy atom.